The molecule has 3 atom stereocenters. The van der Waals surface area contributed by atoms with E-state index in [0.29, 0.717) is 0 Å². The van der Waals surface area contributed by atoms with Gasteiger partial charge in [-0.25, -0.2) is 0 Å². The second-order valence-electron chi connectivity index (χ2n) is 4.12. The third kappa shape index (κ3) is 1.07. The number of rotatable bonds is 1. The minimum atomic E-state index is 0.881. The van der Waals surface area contributed by atoms with Gasteiger partial charge in [0.15, 0.2) is 0 Å². The van der Waals surface area contributed by atoms with Gasteiger partial charge in [-0.2, -0.15) is 0 Å². The van der Waals surface area contributed by atoms with Crippen LogP contribution in [0.1, 0.15) is 32.1 Å². The summed E-state index contributed by atoms with van der Waals surface area (Å²) in [6, 6.07) is 0. The van der Waals surface area contributed by atoms with Gasteiger partial charge in [-0.1, -0.05) is 12.8 Å². The van der Waals surface area contributed by atoms with Crippen molar-refractivity contribution in [3.05, 3.63) is 0 Å². The van der Waals surface area contributed by atoms with Gasteiger partial charge in [0.25, 0.3) is 0 Å². The summed E-state index contributed by atoms with van der Waals surface area (Å²) in [5.74, 6) is 3.01. The predicted octanol–water partition coefficient (Wildman–Crippen LogP) is 1.77. The van der Waals surface area contributed by atoms with Gasteiger partial charge in [0, 0.05) is 0 Å². The summed E-state index contributed by atoms with van der Waals surface area (Å²) in [4.78, 5) is 0. The van der Waals surface area contributed by atoms with Crippen LogP contribution in [0.25, 0.3) is 0 Å². The molecule has 0 aromatic carbocycles. The Morgan fingerprint density at radius 2 is 1.60 bits per heavy atom. The minimum Gasteiger partial charge on any atom is -0.330 e. The third-order valence-corrected chi connectivity index (χ3v) is 3.32. The average molecular weight is 139 g/mol. The van der Waals surface area contributed by atoms with Crippen LogP contribution < -0.4 is 5.73 Å². The van der Waals surface area contributed by atoms with Crippen molar-refractivity contribution in [2.45, 2.75) is 32.1 Å². The molecule has 1 unspecified atom stereocenters. The number of fused-ring (bicyclic) bond motifs is 2. The lowest BCUT2D eigenvalue weighted by molar-refractivity contribution is 0.267. The van der Waals surface area contributed by atoms with Crippen molar-refractivity contribution in [2.24, 2.45) is 23.5 Å². The Labute approximate surface area is 63.0 Å². The minimum absolute atomic E-state index is 0.881. The summed E-state index contributed by atoms with van der Waals surface area (Å²) in [7, 11) is 0. The molecule has 2 bridgehead atoms. The third-order valence-electron chi connectivity index (χ3n) is 3.32. The second kappa shape index (κ2) is 2.54. The maximum Gasteiger partial charge on any atom is -0.00487 e. The first-order valence-electron chi connectivity index (χ1n) is 4.58. The summed E-state index contributed by atoms with van der Waals surface area (Å²) < 4.78 is 0. The molecular formula is C9H17N. The molecular weight excluding hydrogens is 122 g/mol. The van der Waals surface area contributed by atoms with Crippen molar-refractivity contribution in [1.29, 1.82) is 0 Å². The van der Waals surface area contributed by atoms with E-state index in [1.54, 1.807) is 0 Å². The maximum atomic E-state index is 5.66. The maximum absolute atomic E-state index is 5.66. The number of hydrogen-bond donors (Lipinski definition) is 1. The molecule has 2 saturated carbocycles. The molecule has 0 saturated heterocycles. The van der Waals surface area contributed by atoms with Gasteiger partial charge < -0.3 is 5.73 Å². The van der Waals surface area contributed by atoms with Gasteiger partial charge >= 0.3 is 0 Å². The van der Waals surface area contributed by atoms with Crippen LogP contribution in [-0.2, 0) is 0 Å². The smallest absolute Gasteiger partial charge is 0.00487 e. The Bertz CT molecular complexity index is 110. The molecule has 0 spiro atoms. The lowest BCUT2D eigenvalue weighted by Crippen LogP contribution is -2.22. The highest BCUT2D eigenvalue weighted by atomic mass is 14.6. The molecule has 2 aliphatic carbocycles. The molecule has 58 valence electrons. The lowest BCUT2D eigenvalue weighted by atomic mass is 9.81. The molecule has 1 nitrogen and oxygen atoms in total. The van der Waals surface area contributed by atoms with Crippen LogP contribution in [0.2, 0.25) is 0 Å². The van der Waals surface area contributed by atoms with Gasteiger partial charge in [-0.05, 0) is 43.6 Å². The van der Waals surface area contributed by atoms with E-state index in [0.717, 1.165) is 24.3 Å². The van der Waals surface area contributed by atoms with Crippen molar-refractivity contribution in [3.63, 3.8) is 0 Å². The standard InChI is InChI=1S/C9H17N/c10-6-9-4-7-1-2-8(3-7)5-9/h7-9H,1-6,10H2/t7-,8+,9?. The van der Waals surface area contributed by atoms with E-state index in [-0.39, 0.29) is 0 Å². The first-order valence-corrected chi connectivity index (χ1v) is 4.58. The van der Waals surface area contributed by atoms with E-state index < -0.39 is 0 Å². The van der Waals surface area contributed by atoms with Crippen LogP contribution >= 0.6 is 0 Å². The molecule has 2 rings (SSSR count). The molecule has 2 N–H and O–H groups in total. The van der Waals surface area contributed by atoms with Crippen LogP contribution in [0.3, 0.4) is 0 Å². The molecule has 0 aromatic rings. The van der Waals surface area contributed by atoms with E-state index >= 15 is 0 Å². The topological polar surface area (TPSA) is 26.0 Å². The number of nitrogens with two attached hydrogens (primary N) is 1. The van der Waals surface area contributed by atoms with Crippen molar-refractivity contribution >= 4 is 0 Å². The van der Waals surface area contributed by atoms with Crippen LogP contribution in [0, 0.1) is 17.8 Å². The van der Waals surface area contributed by atoms with Crippen LogP contribution in [0.15, 0.2) is 0 Å². The van der Waals surface area contributed by atoms with E-state index in [9.17, 15) is 0 Å². The highest BCUT2D eigenvalue weighted by molar-refractivity contribution is 4.85. The van der Waals surface area contributed by atoms with Crippen LogP contribution in [-0.4, -0.2) is 6.54 Å². The van der Waals surface area contributed by atoms with E-state index in [4.69, 9.17) is 5.73 Å². The Hall–Kier alpha value is -0.0400. The second-order valence-corrected chi connectivity index (χ2v) is 4.12. The fraction of sp³-hybridized carbons (Fsp3) is 1.00. The van der Waals surface area contributed by atoms with Crippen LogP contribution in [0.5, 0.6) is 0 Å². The number of hydrogen-bond acceptors (Lipinski definition) is 1. The molecule has 2 fully saturated rings. The Kier molecular flexibility index (Phi) is 1.69. The monoisotopic (exact) mass is 139 g/mol. The molecule has 1 heteroatoms. The lowest BCUT2D eigenvalue weighted by Gasteiger charge is -2.26. The van der Waals surface area contributed by atoms with E-state index in [1.807, 2.05) is 0 Å². The fourth-order valence-electron chi connectivity index (χ4n) is 2.84. The van der Waals surface area contributed by atoms with Crippen molar-refractivity contribution in [2.75, 3.05) is 6.54 Å². The average Bonchev–Trinajstić information content (AvgIpc) is 2.30. The first-order chi connectivity index (χ1) is 4.88. The Balaban J connectivity index is 1.96. The van der Waals surface area contributed by atoms with Crippen molar-refractivity contribution in [1.82, 2.24) is 0 Å². The van der Waals surface area contributed by atoms with Crippen LogP contribution in [0.4, 0.5) is 0 Å². The normalized spacial score (nSPS) is 45.9. The van der Waals surface area contributed by atoms with Gasteiger partial charge in [-0.3, -0.25) is 0 Å². The zero-order valence-corrected chi connectivity index (χ0v) is 6.55. The van der Waals surface area contributed by atoms with Gasteiger partial charge in [0.05, 0.1) is 0 Å². The predicted molar refractivity (Wildman–Crippen MR) is 42.6 cm³/mol. The summed E-state index contributed by atoms with van der Waals surface area (Å²) in [6.07, 6.45) is 7.40. The van der Waals surface area contributed by atoms with Crippen molar-refractivity contribution in [3.8, 4) is 0 Å². The molecule has 0 aromatic heterocycles. The fourth-order valence-corrected chi connectivity index (χ4v) is 2.84. The summed E-state index contributed by atoms with van der Waals surface area (Å²) in [6.45, 7) is 0.938. The molecule has 0 aliphatic heterocycles. The quantitative estimate of drug-likeness (QED) is 0.588. The highest BCUT2D eigenvalue weighted by Gasteiger charge is 2.32. The molecule has 2 aliphatic rings. The Morgan fingerprint density at radius 1 is 1.00 bits per heavy atom. The van der Waals surface area contributed by atoms with Gasteiger partial charge in [0.2, 0.25) is 0 Å². The molecule has 0 radical (unpaired) electrons. The zero-order chi connectivity index (χ0) is 6.97. The summed E-state index contributed by atoms with van der Waals surface area (Å²) in [5, 5.41) is 0. The van der Waals surface area contributed by atoms with E-state index in [1.165, 1.54) is 32.1 Å². The summed E-state index contributed by atoms with van der Waals surface area (Å²) >= 11 is 0. The first kappa shape index (κ1) is 6.66. The van der Waals surface area contributed by atoms with Gasteiger partial charge in [0.1, 0.15) is 0 Å². The molecule has 0 amide bonds. The van der Waals surface area contributed by atoms with E-state index in [2.05, 4.69) is 0 Å². The zero-order valence-electron chi connectivity index (χ0n) is 6.55. The SMILES string of the molecule is NCC1C[C@H]2CC[C@@H](C1)C2. The Morgan fingerprint density at radius 3 is 2.10 bits per heavy atom. The van der Waals surface area contributed by atoms with Crippen molar-refractivity contribution < 1.29 is 0 Å². The molecule has 10 heavy (non-hydrogen) atoms. The summed E-state index contributed by atoms with van der Waals surface area (Å²) in [5.41, 5.74) is 5.66. The van der Waals surface area contributed by atoms with Gasteiger partial charge in [-0.15, -0.1) is 0 Å². The molecule has 0 heterocycles. The highest BCUT2D eigenvalue weighted by Crippen LogP contribution is 2.44. The largest absolute Gasteiger partial charge is 0.330 e.